The molecule has 0 spiro atoms. The molecule has 7 heteroatoms. The monoisotopic (exact) mass is 471 g/mol. The first-order valence-corrected chi connectivity index (χ1v) is 10.8. The molecule has 1 N–H and O–H groups in total. The number of hydrogen-bond donors (Lipinski definition) is 1. The first kappa shape index (κ1) is 22.2. The summed E-state index contributed by atoms with van der Waals surface area (Å²) in [6, 6.07) is 13.4. The third kappa shape index (κ3) is 4.79. The zero-order chi connectivity index (χ0) is 21.8. The van der Waals surface area contributed by atoms with Gasteiger partial charge in [-0.15, -0.1) is 0 Å². The third-order valence-corrected chi connectivity index (χ3v) is 5.88. The van der Waals surface area contributed by atoms with E-state index in [0.717, 1.165) is 21.4 Å². The van der Waals surface area contributed by atoms with E-state index in [1.54, 1.807) is 18.2 Å². The van der Waals surface area contributed by atoms with Crippen LogP contribution in [0.3, 0.4) is 0 Å². The average Bonchev–Trinajstić information content (AvgIpc) is 2.96. The maximum absolute atomic E-state index is 12.5. The standard InChI is InChI=1S/C23H26BrN3O3/c1-4-15-5-7-16(8-6-15)20(26(2)3)14-25-21(28)11-12-27-22(29)18-10-9-17(24)13-19(18)23(27)30/h5-10,13,20H,4,11-12,14H2,1-3H3,(H,25,28). The number of rotatable bonds is 8. The second kappa shape index (κ2) is 9.53. The second-order valence-corrected chi connectivity index (χ2v) is 8.50. The maximum atomic E-state index is 12.5. The number of likely N-dealkylation sites (N-methyl/N-ethyl adjacent to an activating group) is 1. The molecule has 30 heavy (non-hydrogen) atoms. The van der Waals surface area contributed by atoms with Gasteiger partial charge in [-0.3, -0.25) is 19.3 Å². The summed E-state index contributed by atoms with van der Waals surface area (Å²) in [7, 11) is 3.95. The zero-order valence-electron chi connectivity index (χ0n) is 17.4. The third-order valence-electron chi connectivity index (χ3n) is 5.38. The molecule has 0 radical (unpaired) electrons. The summed E-state index contributed by atoms with van der Waals surface area (Å²) in [5.74, 6) is -0.895. The summed E-state index contributed by atoms with van der Waals surface area (Å²) < 4.78 is 0.740. The van der Waals surface area contributed by atoms with E-state index in [9.17, 15) is 14.4 Å². The van der Waals surface area contributed by atoms with Crippen LogP contribution < -0.4 is 5.32 Å². The molecule has 0 bridgehead atoms. The lowest BCUT2D eigenvalue weighted by Crippen LogP contribution is -2.37. The van der Waals surface area contributed by atoms with Crippen molar-refractivity contribution >= 4 is 33.7 Å². The van der Waals surface area contributed by atoms with Crippen LogP contribution in [-0.4, -0.2) is 54.7 Å². The summed E-state index contributed by atoms with van der Waals surface area (Å²) in [6.45, 7) is 2.63. The van der Waals surface area contributed by atoms with Crippen LogP contribution in [0.25, 0.3) is 0 Å². The maximum Gasteiger partial charge on any atom is 0.261 e. The van der Waals surface area contributed by atoms with Crippen LogP contribution in [0, 0.1) is 0 Å². The molecule has 1 heterocycles. The van der Waals surface area contributed by atoms with Gasteiger partial charge in [0.25, 0.3) is 11.8 Å². The Balaban J connectivity index is 1.56. The van der Waals surface area contributed by atoms with Gasteiger partial charge in [0.15, 0.2) is 0 Å². The molecule has 2 aromatic carbocycles. The molecular formula is C23H26BrN3O3. The Morgan fingerprint density at radius 2 is 1.73 bits per heavy atom. The van der Waals surface area contributed by atoms with Gasteiger partial charge in [0.05, 0.1) is 17.2 Å². The molecule has 1 atom stereocenters. The molecule has 0 saturated heterocycles. The van der Waals surface area contributed by atoms with Crippen LogP contribution in [0.5, 0.6) is 0 Å². The second-order valence-electron chi connectivity index (χ2n) is 7.58. The first-order chi connectivity index (χ1) is 14.3. The van der Waals surface area contributed by atoms with Crippen molar-refractivity contribution in [1.82, 2.24) is 15.1 Å². The molecule has 0 saturated carbocycles. The summed E-state index contributed by atoms with van der Waals surface area (Å²) in [5, 5.41) is 2.94. The van der Waals surface area contributed by atoms with Crippen LogP contribution in [0.15, 0.2) is 46.9 Å². The Morgan fingerprint density at radius 1 is 1.07 bits per heavy atom. The molecular weight excluding hydrogens is 446 g/mol. The number of halogens is 1. The fraction of sp³-hybridized carbons (Fsp3) is 0.348. The highest BCUT2D eigenvalue weighted by Gasteiger charge is 2.35. The van der Waals surface area contributed by atoms with E-state index >= 15 is 0 Å². The molecule has 0 aliphatic carbocycles. The minimum atomic E-state index is -0.355. The molecule has 0 fully saturated rings. The lowest BCUT2D eigenvalue weighted by atomic mass is 10.0. The molecule has 0 aromatic heterocycles. The van der Waals surface area contributed by atoms with E-state index in [1.165, 1.54) is 5.56 Å². The van der Waals surface area contributed by atoms with Gasteiger partial charge in [-0.2, -0.15) is 0 Å². The van der Waals surface area contributed by atoms with Gasteiger partial charge >= 0.3 is 0 Å². The fourth-order valence-corrected chi connectivity index (χ4v) is 3.91. The molecule has 3 rings (SSSR count). The van der Waals surface area contributed by atoms with Gasteiger partial charge in [-0.25, -0.2) is 0 Å². The van der Waals surface area contributed by atoms with E-state index in [-0.39, 0.29) is 36.7 Å². The quantitative estimate of drug-likeness (QED) is 0.598. The molecule has 1 aliphatic rings. The molecule has 1 unspecified atom stereocenters. The van der Waals surface area contributed by atoms with Gasteiger partial charge < -0.3 is 10.2 Å². The van der Waals surface area contributed by atoms with Crippen molar-refractivity contribution in [3.05, 3.63) is 69.2 Å². The minimum Gasteiger partial charge on any atom is -0.354 e. The van der Waals surface area contributed by atoms with Gasteiger partial charge in [0, 0.05) is 24.0 Å². The average molecular weight is 472 g/mol. The Bertz CT molecular complexity index is 957. The van der Waals surface area contributed by atoms with Crippen LogP contribution in [0.1, 0.15) is 51.2 Å². The van der Waals surface area contributed by atoms with Crippen molar-refractivity contribution in [2.45, 2.75) is 25.8 Å². The van der Waals surface area contributed by atoms with Crippen molar-refractivity contribution in [3.63, 3.8) is 0 Å². The van der Waals surface area contributed by atoms with Gasteiger partial charge in [0.2, 0.25) is 5.91 Å². The normalized spacial score (nSPS) is 14.2. The number of amides is 3. The topological polar surface area (TPSA) is 69.7 Å². The number of aryl methyl sites for hydroxylation is 1. The SMILES string of the molecule is CCc1ccc(C(CNC(=O)CCN2C(=O)c3ccc(Br)cc3C2=O)N(C)C)cc1. The number of hydrogen-bond acceptors (Lipinski definition) is 4. The molecule has 2 aromatic rings. The van der Waals surface area contributed by atoms with Gasteiger partial charge in [-0.1, -0.05) is 47.1 Å². The predicted molar refractivity (Wildman–Crippen MR) is 119 cm³/mol. The van der Waals surface area contributed by atoms with Crippen LogP contribution in [-0.2, 0) is 11.2 Å². The molecule has 158 valence electrons. The number of imide groups is 1. The minimum absolute atomic E-state index is 0.0384. The summed E-state index contributed by atoms with van der Waals surface area (Å²) in [5.41, 5.74) is 3.15. The van der Waals surface area contributed by atoms with E-state index in [0.29, 0.717) is 17.7 Å². The van der Waals surface area contributed by atoms with Crippen molar-refractivity contribution in [2.24, 2.45) is 0 Å². The van der Waals surface area contributed by atoms with Gasteiger partial charge in [0.1, 0.15) is 0 Å². The number of carbonyl (C=O) groups excluding carboxylic acids is 3. The Labute approximate surface area is 185 Å². The van der Waals surface area contributed by atoms with E-state index in [2.05, 4.69) is 57.3 Å². The van der Waals surface area contributed by atoms with E-state index in [1.807, 2.05) is 14.1 Å². The number of nitrogens with zero attached hydrogens (tertiary/aromatic N) is 2. The van der Waals surface area contributed by atoms with E-state index < -0.39 is 0 Å². The van der Waals surface area contributed by atoms with Crippen LogP contribution in [0.4, 0.5) is 0 Å². The highest BCUT2D eigenvalue weighted by atomic mass is 79.9. The Hall–Kier alpha value is -2.51. The number of fused-ring (bicyclic) bond motifs is 1. The Morgan fingerprint density at radius 3 is 2.37 bits per heavy atom. The highest BCUT2D eigenvalue weighted by Crippen LogP contribution is 2.26. The van der Waals surface area contributed by atoms with Crippen molar-refractivity contribution in [3.8, 4) is 0 Å². The lowest BCUT2D eigenvalue weighted by molar-refractivity contribution is -0.121. The predicted octanol–water partition coefficient (Wildman–Crippen LogP) is 3.42. The first-order valence-electron chi connectivity index (χ1n) is 9.99. The number of benzene rings is 2. The van der Waals surface area contributed by atoms with E-state index in [4.69, 9.17) is 0 Å². The molecule has 3 amide bonds. The largest absolute Gasteiger partial charge is 0.354 e. The van der Waals surface area contributed by atoms with Crippen molar-refractivity contribution in [2.75, 3.05) is 27.2 Å². The summed E-state index contributed by atoms with van der Waals surface area (Å²) in [6.07, 6.45) is 1.06. The van der Waals surface area contributed by atoms with Crippen LogP contribution >= 0.6 is 15.9 Å². The molecule has 1 aliphatic heterocycles. The van der Waals surface area contributed by atoms with Crippen LogP contribution in [0.2, 0.25) is 0 Å². The summed E-state index contributed by atoms with van der Waals surface area (Å²) >= 11 is 3.32. The Kier molecular flexibility index (Phi) is 7.05. The number of carbonyl (C=O) groups is 3. The zero-order valence-corrected chi connectivity index (χ0v) is 19.0. The van der Waals surface area contributed by atoms with Gasteiger partial charge in [-0.05, 0) is 49.8 Å². The highest BCUT2D eigenvalue weighted by molar-refractivity contribution is 9.10. The summed E-state index contributed by atoms with van der Waals surface area (Å²) in [4.78, 5) is 40.6. The lowest BCUT2D eigenvalue weighted by Gasteiger charge is -2.25. The molecule has 6 nitrogen and oxygen atoms in total. The smallest absolute Gasteiger partial charge is 0.261 e. The van der Waals surface area contributed by atoms with Crippen molar-refractivity contribution < 1.29 is 14.4 Å². The fourth-order valence-electron chi connectivity index (χ4n) is 3.55. The number of nitrogens with one attached hydrogen (secondary N) is 1. The van der Waals surface area contributed by atoms with Crippen molar-refractivity contribution in [1.29, 1.82) is 0 Å².